The fraction of sp³-hybridized carbons (Fsp3) is 0.450. The van der Waals surface area contributed by atoms with E-state index in [9.17, 15) is 9.90 Å². The smallest absolute Gasteiger partial charge is 0.184 e. The third kappa shape index (κ3) is 2.46. The van der Waals surface area contributed by atoms with E-state index < -0.39 is 0 Å². The minimum absolute atomic E-state index is 0.156. The Bertz CT molecular complexity index is 681. The summed E-state index contributed by atoms with van der Waals surface area (Å²) in [6.45, 7) is 6.10. The van der Waals surface area contributed by atoms with E-state index in [-0.39, 0.29) is 17.3 Å². The van der Waals surface area contributed by atoms with Crippen LogP contribution < -0.4 is 0 Å². The summed E-state index contributed by atoms with van der Waals surface area (Å²) in [5.74, 6) is 0.156. The molecule has 116 valence electrons. The number of aryl methyl sites for hydroxylation is 1. The van der Waals surface area contributed by atoms with Crippen LogP contribution in [0, 0.1) is 12.3 Å². The van der Waals surface area contributed by atoms with Gasteiger partial charge in [0, 0.05) is 11.0 Å². The van der Waals surface area contributed by atoms with Gasteiger partial charge in [0.15, 0.2) is 5.78 Å². The van der Waals surface area contributed by atoms with Gasteiger partial charge in [-0.2, -0.15) is 0 Å². The molecular weight excluding hydrogens is 272 g/mol. The molecular formula is C20H24O2. The van der Waals surface area contributed by atoms with Crippen molar-refractivity contribution in [1.82, 2.24) is 0 Å². The summed E-state index contributed by atoms with van der Waals surface area (Å²) >= 11 is 0. The van der Waals surface area contributed by atoms with Gasteiger partial charge in [0.25, 0.3) is 0 Å². The first-order valence-corrected chi connectivity index (χ1v) is 8.12. The van der Waals surface area contributed by atoms with Gasteiger partial charge in [-0.1, -0.05) is 42.3 Å². The van der Waals surface area contributed by atoms with E-state index in [1.165, 1.54) is 11.1 Å². The molecule has 0 unspecified atom stereocenters. The number of Topliss-reactive ketones (excluding diaryl/α,β-unsaturated/α-hetero) is 1. The Kier molecular flexibility index (Phi) is 3.82. The highest BCUT2D eigenvalue weighted by Gasteiger charge is 2.45. The van der Waals surface area contributed by atoms with Crippen LogP contribution in [0.2, 0.25) is 0 Å². The summed E-state index contributed by atoms with van der Waals surface area (Å²) < 4.78 is 0. The third-order valence-corrected chi connectivity index (χ3v) is 5.35. The number of aliphatic hydroxyl groups excluding tert-OH is 1. The zero-order valence-electron chi connectivity index (χ0n) is 13.6. The Morgan fingerprint density at radius 2 is 2.09 bits per heavy atom. The van der Waals surface area contributed by atoms with E-state index in [0.29, 0.717) is 6.42 Å². The minimum atomic E-state index is -0.347. The highest BCUT2D eigenvalue weighted by atomic mass is 16.3. The standard InChI is InChI=1S/C20H24O2/c1-13-6-4-7-15(10-13)11-16-12-20(3)17(14(2)19(16)22)8-5-9-18(20)21/h4,6-7,10-11,18,21H,5,8-9,12H2,1-3H3/t18-,20-/m0/s1. The zero-order chi connectivity index (χ0) is 15.9. The van der Waals surface area contributed by atoms with Crippen LogP contribution in [0.25, 0.3) is 6.08 Å². The first kappa shape index (κ1) is 15.2. The van der Waals surface area contributed by atoms with E-state index in [4.69, 9.17) is 0 Å². The number of benzene rings is 1. The van der Waals surface area contributed by atoms with E-state index in [1.54, 1.807) is 0 Å². The molecule has 1 fully saturated rings. The van der Waals surface area contributed by atoms with Crippen LogP contribution in [0.5, 0.6) is 0 Å². The molecule has 0 heterocycles. The molecule has 0 saturated heterocycles. The van der Waals surface area contributed by atoms with Gasteiger partial charge in [-0.05, 0) is 56.7 Å². The van der Waals surface area contributed by atoms with Gasteiger partial charge in [-0.25, -0.2) is 0 Å². The molecule has 2 nitrogen and oxygen atoms in total. The van der Waals surface area contributed by atoms with Crippen LogP contribution in [-0.4, -0.2) is 17.0 Å². The maximum atomic E-state index is 12.7. The Labute approximate surface area is 132 Å². The number of hydrogen-bond acceptors (Lipinski definition) is 2. The number of carbonyl (C=O) groups is 1. The third-order valence-electron chi connectivity index (χ3n) is 5.35. The number of aliphatic hydroxyl groups is 1. The van der Waals surface area contributed by atoms with Crippen molar-refractivity contribution in [2.24, 2.45) is 5.41 Å². The van der Waals surface area contributed by atoms with E-state index in [0.717, 1.165) is 36.0 Å². The summed E-state index contributed by atoms with van der Waals surface area (Å²) in [4.78, 5) is 12.7. The topological polar surface area (TPSA) is 37.3 Å². The molecule has 0 aliphatic heterocycles. The summed E-state index contributed by atoms with van der Waals surface area (Å²) in [5, 5.41) is 10.5. The van der Waals surface area contributed by atoms with Crippen LogP contribution in [-0.2, 0) is 4.79 Å². The molecule has 1 saturated carbocycles. The predicted molar refractivity (Wildman–Crippen MR) is 89.4 cm³/mol. The SMILES string of the molecule is CC1=C2CCC[C@H](O)[C@@]2(C)CC(=Cc2cccc(C)c2)C1=O. The van der Waals surface area contributed by atoms with Gasteiger partial charge in [-0.3, -0.25) is 4.79 Å². The lowest BCUT2D eigenvalue weighted by molar-refractivity contribution is -0.113. The maximum absolute atomic E-state index is 12.7. The van der Waals surface area contributed by atoms with Crippen molar-refractivity contribution in [2.45, 2.75) is 52.6 Å². The molecule has 0 radical (unpaired) electrons. The van der Waals surface area contributed by atoms with Crippen molar-refractivity contribution in [1.29, 1.82) is 0 Å². The molecule has 1 N–H and O–H groups in total. The van der Waals surface area contributed by atoms with Gasteiger partial charge >= 0.3 is 0 Å². The van der Waals surface area contributed by atoms with Crippen LogP contribution in [0.15, 0.2) is 41.0 Å². The van der Waals surface area contributed by atoms with Gasteiger partial charge < -0.3 is 5.11 Å². The number of rotatable bonds is 1. The Balaban J connectivity index is 2.05. The molecule has 1 aromatic carbocycles. The zero-order valence-corrected chi connectivity index (χ0v) is 13.6. The number of carbonyl (C=O) groups excluding carboxylic acids is 1. The second-order valence-corrected chi connectivity index (χ2v) is 7.02. The normalized spacial score (nSPS) is 30.6. The molecule has 2 atom stereocenters. The highest BCUT2D eigenvalue weighted by Crippen LogP contribution is 2.50. The number of allylic oxidation sites excluding steroid dienone is 2. The fourth-order valence-electron chi connectivity index (χ4n) is 4.05. The van der Waals surface area contributed by atoms with Crippen molar-refractivity contribution in [3.05, 3.63) is 52.1 Å². The molecule has 0 aromatic heterocycles. The quantitative estimate of drug-likeness (QED) is 0.788. The van der Waals surface area contributed by atoms with Gasteiger partial charge in [0.05, 0.1) is 6.10 Å². The molecule has 22 heavy (non-hydrogen) atoms. The van der Waals surface area contributed by atoms with Crippen LogP contribution in [0.1, 0.15) is 50.7 Å². The molecule has 1 aromatic rings. The molecule has 2 aliphatic rings. The average molecular weight is 296 g/mol. The summed E-state index contributed by atoms with van der Waals surface area (Å²) in [7, 11) is 0. The van der Waals surface area contributed by atoms with Crippen LogP contribution >= 0.6 is 0 Å². The lowest BCUT2D eigenvalue weighted by Gasteiger charge is -2.45. The minimum Gasteiger partial charge on any atom is -0.392 e. The van der Waals surface area contributed by atoms with Crippen molar-refractivity contribution in [2.75, 3.05) is 0 Å². The second kappa shape index (κ2) is 5.51. The highest BCUT2D eigenvalue weighted by molar-refractivity contribution is 6.12. The molecule has 0 amide bonds. The first-order chi connectivity index (χ1) is 10.4. The molecule has 0 bridgehead atoms. The van der Waals surface area contributed by atoms with Crippen molar-refractivity contribution in [3.63, 3.8) is 0 Å². The molecule has 2 aliphatic carbocycles. The van der Waals surface area contributed by atoms with E-state index in [1.807, 2.05) is 25.1 Å². The number of ketones is 1. The van der Waals surface area contributed by atoms with Crippen molar-refractivity contribution in [3.8, 4) is 0 Å². The Hall–Kier alpha value is -1.67. The van der Waals surface area contributed by atoms with Crippen LogP contribution in [0.4, 0.5) is 0 Å². The van der Waals surface area contributed by atoms with E-state index >= 15 is 0 Å². The van der Waals surface area contributed by atoms with Gasteiger partial charge in [0.1, 0.15) is 0 Å². The lowest BCUT2D eigenvalue weighted by Crippen LogP contribution is -2.42. The number of fused-ring (bicyclic) bond motifs is 1. The monoisotopic (exact) mass is 296 g/mol. The van der Waals surface area contributed by atoms with Crippen molar-refractivity contribution >= 4 is 11.9 Å². The maximum Gasteiger partial charge on any atom is 0.184 e. The number of hydrogen-bond donors (Lipinski definition) is 1. The predicted octanol–water partition coefficient (Wildman–Crippen LogP) is 4.22. The van der Waals surface area contributed by atoms with Gasteiger partial charge in [0.2, 0.25) is 0 Å². The largest absolute Gasteiger partial charge is 0.392 e. The fourth-order valence-corrected chi connectivity index (χ4v) is 4.05. The van der Waals surface area contributed by atoms with Crippen LogP contribution in [0.3, 0.4) is 0 Å². The summed E-state index contributed by atoms with van der Waals surface area (Å²) in [6, 6.07) is 8.19. The molecule has 2 heteroatoms. The second-order valence-electron chi connectivity index (χ2n) is 7.02. The van der Waals surface area contributed by atoms with E-state index in [2.05, 4.69) is 26.0 Å². The summed E-state index contributed by atoms with van der Waals surface area (Å²) in [6.07, 6.45) is 5.06. The van der Waals surface area contributed by atoms with Gasteiger partial charge in [-0.15, -0.1) is 0 Å². The summed E-state index contributed by atoms with van der Waals surface area (Å²) in [5.41, 5.74) is 4.84. The first-order valence-electron chi connectivity index (χ1n) is 8.12. The molecule has 3 rings (SSSR count). The Morgan fingerprint density at radius 1 is 1.32 bits per heavy atom. The van der Waals surface area contributed by atoms with Crippen molar-refractivity contribution < 1.29 is 9.90 Å². The Morgan fingerprint density at radius 3 is 2.82 bits per heavy atom. The lowest BCUT2D eigenvalue weighted by atomic mass is 9.61. The average Bonchev–Trinajstić information content (AvgIpc) is 2.47. The molecule has 0 spiro atoms.